The lowest BCUT2D eigenvalue weighted by atomic mass is 10.0. The number of Topliss-reactive ketones (excluding diaryl/α,β-unsaturated/α-hetero) is 1. The number of benzene rings is 2. The van der Waals surface area contributed by atoms with E-state index in [0.717, 1.165) is 5.56 Å². The fourth-order valence-corrected chi connectivity index (χ4v) is 4.16. The van der Waals surface area contributed by atoms with E-state index in [2.05, 4.69) is 5.32 Å². The molecule has 192 valence electrons. The third-order valence-corrected chi connectivity index (χ3v) is 5.71. The Balaban J connectivity index is 1.85. The Morgan fingerprint density at radius 1 is 1.06 bits per heavy atom. The summed E-state index contributed by atoms with van der Waals surface area (Å²) < 4.78 is 10.7. The molecule has 0 bridgehead atoms. The van der Waals surface area contributed by atoms with E-state index < -0.39 is 29.6 Å². The molecule has 0 aromatic heterocycles. The highest BCUT2D eigenvalue weighted by Crippen LogP contribution is 2.28. The average molecular weight is 495 g/mol. The largest absolute Gasteiger partial charge is 0.465 e. The van der Waals surface area contributed by atoms with Crippen LogP contribution in [-0.4, -0.2) is 54.5 Å². The van der Waals surface area contributed by atoms with Crippen LogP contribution in [0.4, 0.5) is 5.69 Å². The number of carbonyl (C=O) groups is 4. The van der Waals surface area contributed by atoms with Gasteiger partial charge in [-0.2, -0.15) is 0 Å². The zero-order chi connectivity index (χ0) is 26.3. The topological polar surface area (TPSA) is 102 Å². The quantitative estimate of drug-likeness (QED) is 0.421. The van der Waals surface area contributed by atoms with E-state index in [1.54, 1.807) is 64.1 Å². The van der Waals surface area contributed by atoms with E-state index in [1.165, 1.54) is 4.90 Å². The van der Waals surface area contributed by atoms with Crippen molar-refractivity contribution >= 4 is 29.3 Å². The molecule has 0 saturated carbocycles. The van der Waals surface area contributed by atoms with Gasteiger partial charge in [-0.25, -0.2) is 0 Å². The van der Waals surface area contributed by atoms with Crippen LogP contribution in [0.2, 0.25) is 0 Å². The van der Waals surface area contributed by atoms with Gasteiger partial charge in [0.25, 0.3) is 0 Å². The van der Waals surface area contributed by atoms with Crippen LogP contribution in [0, 0.1) is 0 Å². The molecule has 0 aliphatic carbocycles. The van der Waals surface area contributed by atoms with Crippen molar-refractivity contribution in [1.29, 1.82) is 0 Å². The first kappa shape index (κ1) is 27.1. The monoisotopic (exact) mass is 494 g/mol. The van der Waals surface area contributed by atoms with Crippen LogP contribution in [0.15, 0.2) is 54.6 Å². The Morgan fingerprint density at radius 3 is 2.39 bits per heavy atom. The zero-order valence-corrected chi connectivity index (χ0v) is 21.3. The Labute approximate surface area is 212 Å². The maximum Gasteiger partial charge on any atom is 0.326 e. The second kappa shape index (κ2) is 11.9. The normalized spacial score (nSPS) is 16.5. The second-order valence-electron chi connectivity index (χ2n) is 9.70. The molecular weight excluding hydrogens is 460 g/mol. The molecule has 36 heavy (non-hydrogen) atoms. The molecule has 0 fully saturated rings. The molecule has 2 unspecified atom stereocenters. The average Bonchev–Trinajstić information content (AvgIpc) is 2.95. The first-order chi connectivity index (χ1) is 17.1. The molecule has 8 nitrogen and oxygen atoms in total. The van der Waals surface area contributed by atoms with Crippen LogP contribution in [0.3, 0.4) is 0 Å². The van der Waals surface area contributed by atoms with Gasteiger partial charge in [0.2, 0.25) is 5.91 Å². The number of nitrogens with one attached hydrogen (secondary N) is 1. The SMILES string of the molecule is CCOC(=O)C(CC(=O)c1ccccc1)NC1CCc2ccccc2N(CC(=O)OC(C)(C)C)C1=O. The van der Waals surface area contributed by atoms with Gasteiger partial charge in [0.1, 0.15) is 18.2 Å². The van der Waals surface area contributed by atoms with Gasteiger partial charge in [-0.1, -0.05) is 48.5 Å². The minimum atomic E-state index is -1.02. The molecule has 8 heteroatoms. The van der Waals surface area contributed by atoms with Gasteiger partial charge in [-0.05, 0) is 52.2 Å². The van der Waals surface area contributed by atoms with Crippen molar-refractivity contribution in [3.05, 3.63) is 65.7 Å². The van der Waals surface area contributed by atoms with Crippen LogP contribution in [0.1, 0.15) is 56.5 Å². The highest BCUT2D eigenvalue weighted by Gasteiger charge is 2.36. The first-order valence-corrected chi connectivity index (χ1v) is 12.2. The van der Waals surface area contributed by atoms with Gasteiger partial charge >= 0.3 is 11.9 Å². The molecule has 2 aromatic rings. The van der Waals surface area contributed by atoms with E-state index in [1.807, 2.05) is 18.2 Å². The number of rotatable bonds is 9. The smallest absolute Gasteiger partial charge is 0.326 e. The Kier molecular flexibility index (Phi) is 8.98. The van der Waals surface area contributed by atoms with Crippen molar-refractivity contribution < 1.29 is 28.7 Å². The van der Waals surface area contributed by atoms with Crippen LogP contribution in [0.25, 0.3) is 0 Å². The number of nitrogens with zero attached hydrogens (tertiary/aromatic N) is 1. The molecule has 1 amide bonds. The van der Waals surface area contributed by atoms with Crippen molar-refractivity contribution in [2.45, 2.75) is 64.6 Å². The summed E-state index contributed by atoms with van der Waals surface area (Å²) >= 11 is 0. The van der Waals surface area contributed by atoms with Crippen molar-refractivity contribution in [2.24, 2.45) is 0 Å². The highest BCUT2D eigenvalue weighted by molar-refractivity contribution is 6.03. The van der Waals surface area contributed by atoms with Gasteiger partial charge in [-0.3, -0.25) is 29.4 Å². The predicted octanol–water partition coefficient (Wildman–Crippen LogP) is 3.47. The molecule has 1 aliphatic rings. The number of carbonyl (C=O) groups excluding carboxylic acids is 4. The van der Waals surface area contributed by atoms with Crippen molar-refractivity contribution in [3.63, 3.8) is 0 Å². The molecule has 0 radical (unpaired) electrons. The minimum Gasteiger partial charge on any atom is -0.465 e. The first-order valence-electron chi connectivity index (χ1n) is 12.2. The van der Waals surface area contributed by atoms with Crippen LogP contribution in [-0.2, 0) is 30.3 Å². The number of para-hydroxylation sites is 1. The summed E-state index contributed by atoms with van der Waals surface area (Å²) in [6.45, 7) is 6.86. The van der Waals surface area contributed by atoms with Gasteiger partial charge in [0, 0.05) is 17.7 Å². The fraction of sp³-hybridized carbons (Fsp3) is 0.429. The Hall–Kier alpha value is -3.52. The van der Waals surface area contributed by atoms with Crippen LogP contribution in [0.5, 0.6) is 0 Å². The fourth-order valence-electron chi connectivity index (χ4n) is 4.16. The van der Waals surface area contributed by atoms with E-state index in [0.29, 0.717) is 24.1 Å². The number of aryl methyl sites for hydroxylation is 1. The number of ketones is 1. The van der Waals surface area contributed by atoms with E-state index in [9.17, 15) is 19.2 Å². The standard InChI is InChI=1S/C28H34N2O6/c1-5-35-27(34)22(17-24(31)20-12-7-6-8-13-20)29-21-16-15-19-11-9-10-14-23(19)30(26(21)33)18-25(32)36-28(2,3)4/h6-14,21-22,29H,5,15-18H2,1-4H3. The summed E-state index contributed by atoms with van der Waals surface area (Å²) in [6.07, 6.45) is 0.772. The Morgan fingerprint density at radius 2 is 1.72 bits per heavy atom. The summed E-state index contributed by atoms with van der Waals surface area (Å²) in [6, 6.07) is 14.2. The summed E-state index contributed by atoms with van der Waals surface area (Å²) in [5.74, 6) is -1.74. The second-order valence-corrected chi connectivity index (χ2v) is 9.70. The molecule has 3 rings (SSSR count). The number of hydrogen-bond donors (Lipinski definition) is 1. The van der Waals surface area contributed by atoms with Gasteiger partial charge in [0.15, 0.2) is 5.78 Å². The van der Waals surface area contributed by atoms with Crippen molar-refractivity contribution in [2.75, 3.05) is 18.1 Å². The number of fused-ring (bicyclic) bond motifs is 1. The Bertz CT molecular complexity index is 1090. The number of anilines is 1. The summed E-state index contributed by atoms with van der Waals surface area (Å²) in [4.78, 5) is 53.4. The van der Waals surface area contributed by atoms with Gasteiger partial charge < -0.3 is 9.47 Å². The van der Waals surface area contributed by atoms with Crippen LogP contribution >= 0.6 is 0 Å². The molecule has 1 aliphatic heterocycles. The molecule has 2 atom stereocenters. The molecule has 2 aromatic carbocycles. The number of esters is 2. The molecule has 1 N–H and O–H groups in total. The number of hydrogen-bond acceptors (Lipinski definition) is 7. The molecule has 0 saturated heterocycles. The highest BCUT2D eigenvalue weighted by atomic mass is 16.6. The third-order valence-electron chi connectivity index (χ3n) is 5.71. The van der Waals surface area contributed by atoms with Gasteiger partial charge in [-0.15, -0.1) is 0 Å². The maximum absolute atomic E-state index is 13.7. The lowest BCUT2D eigenvalue weighted by Crippen LogP contribution is -2.53. The molecule has 1 heterocycles. The minimum absolute atomic E-state index is 0.144. The maximum atomic E-state index is 13.7. The zero-order valence-electron chi connectivity index (χ0n) is 21.3. The number of ether oxygens (including phenoxy) is 2. The third kappa shape index (κ3) is 7.24. The van der Waals surface area contributed by atoms with E-state index >= 15 is 0 Å². The lowest BCUT2D eigenvalue weighted by Gasteiger charge is -2.29. The summed E-state index contributed by atoms with van der Waals surface area (Å²) in [5.41, 5.74) is 1.31. The summed E-state index contributed by atoms with van der Waals surface area (Å²) in [7, 11) is 0. The predicted molar refractivity (Wildman–Crippen MR) is 136 cm³/mol. The van der Waals surface area contributed by atoms with Gasteiger partial charge in [0.05, 0.1) is 12.6 Å². The van der Waals surface area contributed by atoms with Crippen molar-refractivity contribution in [3.8, 4) is 0 Å². The van der Waals surface area contributed by atoms with E-state index in [4.69, 9.17) is 9.47 Å². The lowest BCUT2D eigenvalue weighted by molar-refractivity contribution is -0.154. The van der Waals surface area contributed by atoms with E-state index in [-0.39, 0.29) is 31.3 Å². The molecular formula is C28H34N2O6. The van der Waals surface area contributed by atoms with Crippen LogP contribution < -0.4 is 10.2 Å². The van der Waals surface area contributed by atoms with Crippen molar-refractivity contribution in [1.82, 2.24) is 5.32 Å². The summed E-state index contributed by atoms with van der Waals surface area (Å²) in [5, 5.41) is 3.08. The molecule has 0 spiro atoms. The number of amides is 1.